The van der Waals surface area contributed by atoms with Crippen LogP contribution in [-0.2, 0) is 24.8 Å². The summed E-state index contributed by atoms with van der Waals surface area (Å²) in [4.78, 5) is 26.5. The van der Waals surface area contributed by atoms with Gasteiger partial charge in [0.05, 0.1) is 32.0 Å². The zero-order chi connectivity index (χ0) is 18.1. The van der Waals surface area contributed by atoms with Gasteiger partial charge in [-0.2, -0.15) is 5.10 Å². The van der Waals surface area contributed by atoms with Crippen molar-refractivity contribution < 1.29 is 19.1 Å². The fourth-order valence-corrected chi connectivity index (χ4v) is 3.19. The smallest absolute Gasteiger partial charge is 0.358 e. The van der Waals surface area contributed by atoms with Crippen molar-refractivity contribution in [3.05, 3.63) is 45.7 Å². The molecule has 1 aromatic carbocycles. The van der Waals surface area contributed by atoms with E-state index in [9.17, 15) is 9.59 Å². The molecule has 0 atom stereocenters. The number of esters is 1. The first-order valence-electron chi connectivity index (χ1n) is 7.72. The van der Waals surface area contributed by atoms with E-state index in [-0.39, 0.29) is 5.91 Å². The Balaban J connectivity index is 1.91. The zero-order valence-corrected chi connectivity index (χ0v) is 15.0. The van der Waals surface area contributed by atoms with Crippen LogP contribution in [0.15, 0.2) is 18.2 Å². The summed E-state index contributed by atoms with van der Waals surface area (Å²) in [5.41, 5.74) is 2.37. The predicted molar refractivity (Wildman–Crippen MR) is 91.0 cm³/mol. The van der Waals surface area contributed by atoms with Gasteiger partial charge in [0.25, 0.3) is 5.91 Å². The van der Waals surface area contributed by atoms with Crippen molar-refractivity contribution in [2.45, 2.75) is 13.0 Å². The van der Waals surface area contributed by atoms with Crippen molar-refractivity contribution >= 4 is 23.5 Å². The summed E-state index contributed by atoms with van der Waals surface area (Å²) in [6.07, 6.45) is 0.530. The molecule has 0 unspecified atom stereocenters. The number of carbonyl (C=O) groups is 2. The number of ether oxygens (including phenoxy) is 2. The number of carbonyl (C=O) groups excluding carboxylic acids is 2. The quantitative estimate of drug-likeness (QED) is 0.780. The summed E-state index contributed by atoms with van der Waals surface area (Å²) < 4.78 is 11.7. The maximum absolute atomic E-state index is 12.9. The molecule has 1 aliphatic rings. The highest BCUT2D eigenvalue weighted by molar-refractivity contribution is 6.31. The van der Waals surface area contributed by atoms with Crippen molar-refractivity contribution in [2.24, 2.45) is 7.05 Å². The van der Waals surface area contributed by atoms with E-state index in [2.05, 4.69) is 5.10 Å². The molecule has 7 nitrogen and oxygen atoms in total. The summed E-state index contributed by atoms with van der Waals surface area (Å²) in [6.45, 7) is 0.821. The SMILES string of the molecule is COC(=O)c1nn(C)c2c1CCN(C(=O)c1cc(Cl)ccc1OC)C2. The fraction of sp³-hybridized carbons (Fsp3) is 0.353. The molecular weight excluding hydrogens is 346 g/mol. The Hall–Kier alpha value is -2.54. The molecule has 2 heterocycles. The van der Waals surface area contributed by atoms with Crippen LogP contribution in [0.2, 0.25) is 5.02 Å². The van der Waals surface area contributed by atoms with Crippen LogP contribution in [0.5, 0.6) is 5.75 Å². The summed E-state index contributed by atoms with van der Waals surface area (Å²) >= 11 is 6.03. The van der Waals surface area contributed by atoms with E-state index in [1.165, 1.54) is 14.2 Å². The van der Waals surface area contributed by atoms with Gasteiger partial charge in [-0.25, -0.2) is 4.79 Å². The molecule has 0 N–H and O–H groups in total. The molecule has 2 aromatic rings. The third kappa shape index (κ3) is 3.07. The highest BCUT2D eigenvalue weighted by Gasteiger charge is 2.30. The van der Waals surface area contributed by atoms with E-state index in [1.807, 2.05) is 0 Å². The molecular formula is C17H18ClN3O4. The zero-order valence-electron chi connectivity index (χ0n) is 14.2. The highest BCUT2D eigenvalue weighted by atomic mass is 35.5. The van der Waals surface area contributed by atoms with Crippen molar-refractivity contribution in [3.63, 3.8) is 0 Å². The lowest BCUT2D eigenvalue weighted by Crippen LogP contribution is -2.37. The second-order valence-corrected chi connectivity index (χ2v) is 6.15. The first-order valence-corrected chi connectivity index (χ1v) is 8.10. The van der Waals surface area contributed by atoms with E-state index in [4.69, 9.17) is 21.1 Å². The average Bonchev–Trinajstić information content (AvgIpc) is 2.96. The van der Waals surface area contributed by atoms with E-state index in [1.54, 1.807) is 34.8 Å². The number of aromatic nitrogens is 2. The maximum atomic E-state index is 12.9. The molecule has 3 rings (SSSR count). The van der Waals surface area contributed by atoms with Crippen LogP contribution in [0.25, 0.3) is 0 Å². The van der Waals surface area contributed by atoms with E-state index < -0.39 is 5.97 Å². The van der Waals surface area contributed by atoms with Crippen LogP contribution < -0.4 is 4.74 Å². The first kappa shape index (κ1) is 17.3. The number of hydrogen-bond acceptors (Lipinski definition) is 5. The Kier molecular flexibility index (Phi) is 4.67. The van der Waals surface area contributed by atoms with E-state index >= 15 is 0 Å². The van der Waals surface area contributed by atoms with Crippen molar-refractivity contribution in [1.82, 2.24) is 14.7 Å². The molecule has 132 valence electrons. The number of hydrogen-bond donors (Lipinski definition) is 0. The predicted octanol–water partition coefficient (Wildman–Crippen LogP) is 2.07. The van der Waals surface area contributed by atoms with Crippen LogP contribution in [-0.4, -0.2) is 47.3 Å². The summed E-state index contributed by atoms with van der Waals surface area (Å²) in [7, 11) is 4.59. The number of amides is 1. The van der Waals surface area contributed by atoms with Gasteiger partial charge < -0.3 is 14.4 Å². The van der Waals surface area contributed by atoms with Crippen molar-refractivity contribution in [2.75, 3.05) is 20.8 Å². The molecule has 25 heavy (non-hydrogen) atoms. The van der Waals surface area contributed by atoms with Crippen LogP contribution in [0, 0.1) is 0 Å². The molecule has 1 amide bonds. The van der Waals surface area contributed by atoms with Crippen LogP contribution in [0.1, 0.15) is 32.1 Å². The Morgan fingerprint density at radius 2 is 2.04 bits per heavy atom. The summed E-state index contributed by atoms with van der Waals surface area (Å²) in [6, 6.07) is 4.95. The number of halogens is 1. The molecule has 0 aliphatic carbocycles. The second kappa shape index (κ2) is 6.76. The van der Waals surface area contributed by atoms with Gasteiger partial charge in [0.2, 0.25) is 0 Å². The Labute approximate surface area is 150 Å². The number of methoxy groups -OCH3 is 2. The second-order valence-electron chi connectivity index (χ2n) is 5.71. The third-order valence-electron chi connectivity index (χ3n) is 4.31. The largest absolute Gasteiger partial charge is 0.496 e. The first-order chi connectivity index (χ1) is 12.0. The third-order valence-corrected chi connectivity index (χ3v) is 4.54. The monoisotopic (exact) mass is 363 g/mol. The molecule has 0 radical (unpaired) electrons. The lowest BCUT2D eigenvalue weighted by atomic mass is 10.0. The van der Waals surface area contributed by atoms with Crippen molar-refractivity contribution in [1.29, 1.82) is 0 Å². The van der Waals surface area contributed by atoms with Gasteiger partial charge in [0, 0.05) is 24.2 Å². The van der Waals surface area contributed by atoms with Crippen LogP contribution >= 0.6 is 11.6 Å². The molecule has 8 heteroatoms. The topological polar surface area (TPSA) is 73.7 Å². The lowest BCUT2D eigenvalue weighted by Gasteiger charge is -2.28. The number of nitrogens with zero attached hydrogens (tertiary/aromatic N) is 3. The van der Waals surface area contributed by atoms with Crippen LogP contribution in [0.4, 0.5) is 0 Å². The Bertz CT molecular complexity index is 847. The van der Waals surface area contributed by atoms with Gasteiger partial charge in [-0.15, -0.1) is 0 Å². The van der Waals surface area contributed by atoms with Gasteiger partial charge >= 0.3 is 5.97 Å². The van der Waals surface area contributed by atoms with E-state index in [0.717, 1.165) is 11.3 Å². The molecule has 0 spiro atoms. The van der Waals surface area contributed by atoms with Gasteiger partial charge in [0.1, 0.15) is 5.75 Å². The minimum absolute atomic E-state index is 0.175. The van der Waals surface area contributed by atoms with Gasteiger partial charge in [-0.1, -0.05) is 11.6 Å². The summed E-state index contributed by atoms with van der Waals surface area (Å²) in [5.74, 6) is -0.167. The number of benzene rings is 1. The molecule has 0 fully saturated rings. The number of aryl methyl sites for hydroxylation is 1. The molecule has 1 aliphatic heterocycles. The van der Waals surface area contributed by atoms with Crippen molar-refractivity contribution in [3.8, 4) is 5.75 Å². The minimum Gasteiger partial charge on any atom is -0.496 e. The molecule has 0 bridgehead atoms. The summed E-state index contributed by atoms with van der Waals surface area (Å²) in [5, 5.41) is 4.70. The number of fused-ring (bicyclic) bond motifs is 1. The van der Waals surface area contributed by atoms with Gasteiger partial charge in [-0.05, 0) is 24.6 Å². The molecule has 0 saturated heterocycles. The molecule has 0 saturated carbocycles. The minimum atomic E-state index is -0.465. The number of rotatable bonds is 3. The van der Waals surface area contributed by atoms with E-state index in [0.29, 0.717) is 41.5 Å². The lowest BCUT2D eigenvalue weighted by molar-refractivity contribution is 0.0591. The maximum Gasteiger partial charge on any atom is 0.358 e. The van der Waals surface area contributed by atoms with Crippen LogP contribution in [0.3, 0.4) is 0 Å². The normalized spacial score (nSPS) is 13.4. The Morgan fingerprint density at radius 3 is 2.72 bits per heavy atom. The standard InChI is InChI=1S/C17H18ClN3O4/c1-20-13-9-21(7-6-11(13)15(19-20)17(23)25-3)16(22)12-8-10(18)4-5-14(12)24-2/h4-5,8H,6-7,9H2,1-3H3. The van der Waals surface area contributed by atoms with Gasteiger partial charge in [0.15, 0.2) is 5.69 Å². The molecule has 1 aromatic heterocycles. The van der Waals surface area contributed by atoms with Gasteiger partial charge in [-0.3, -0.25) is 9.48 Å². The highest BCUT2D eigenvalue weighted by Crippen LogP contribution is 2.28. The average molecular weight is 364 g/mol. The fourth-order valence-electron chi connectivity index (χ4n) is 3.02. The Morgan fingerprint density at radius 1 is 1.28 bits per heavy atom.